The van der Waals surface area contributed by atoms with Crippen molar-refractivity contribution < 1.29 is 19.1 Å². The Labute approximate surface area is 238 Å². The smallest absolute Gasteiger partial charge is 0.237 e. The Balaban J connectivity index is 1.51. The fourth-order valence-electron chi connectivity index (χ4n) is 7.46. The number of rotatable bonds is 5. The standard InChI is InChI=1S/C31H33Cl2FN2O3/c32-19-10-13-22-24(16-19)35-30(39)31(22)26(15-17-4-1-2-5-17)36-29(25(38)14-18-8-11-20(37)12-9-18)27(31)21-6-3-7-23(33)28(21)34/h3,6-7,10,13,15-16,18,20,26-27,29,36-37H,1-2,4-5,8-9,11-12,14H2,(H,35,39)/t18?,20?,26?,27?,29-,31?/m0/s1. The number of fused-ring (bicyclic) bond motifs is 2. The normalized spacial score (nSPS) is 31.9. The molecule has 5 nitrogen and oxygen atoms in total. The molecule has 2 aliphatic heterocycles. The highest BCUT2D eigenvalue weighted by molar-refractivity contribution is 6.31. The largest absolute Gasteiger partial charge is 0.393 e. The highest BCUT2D eigenvalue weighted by Crippen LogP contribution is 2.56. The van der Waals surface area contributed by atoms with Crippen molar-refractivity contribution in [2.45, 2.75) is 87.3 Å². The van der Waals surface area contributed by atoms with Crippen LogP contribution in [0.25, 0.3) is 0 Å². The van der Waals surface area contributed by atoms with Crippen LogP contribution in [-0.2, 0) is 15.0 Å². The SMILES string of the molecule is O=C(CC1CCC(O)CC1)[C@@H]1NC(C=C2CCCC2)C2(C(=O)Nc3cc(Cl)ccc32)C1c1cccc(Cl)c1F. The van der Waals surface area contributed by atoms with Gasteiger partial charge in [-0.15, -0.1) is 0 Å². The van der Waals surface area contributed by atoms with Gasteiger partial charge in [-0.3, -0.25) is 14.9 Å². The van der Waals surface area contributed by atoms with E-state index >= 15 is 4.39 Å². The van der Waals surface area contributed by atoms with Crippen LogP contribution in [0.2, 0.25) is 10.0 Å². The van der Waals surface area contributed by atoms with Crippen molar-refractivity contribution in [3.63, 3.8) is 0 Å². The Morgan fingerprint density at radius 2 is 1.85 bits per heavy atom. The third-order valence-electron chi connectivity index (χ3n) is 9.34. The Hall–Kier alpha value is -2.25. The van der Waals surface area contributed by atoms with E-state index in [1.54, 1.807) is 24.3 Å². The number of hydrogen-bond donors (Lipinski definition) is 3. The zero-order chi connectivity index (χ0) is 27.3. The van der Waals surface area contributed by atoms with Crippen molar-refractivity contribution in [3.8, 4) is 0 Å². The molecule has 3 fully saturated rings. The van der Waals surface area contributed by atoms with Gasteiger partial charge in [-0.1, -0.05) is 53.1 Å². The first-order chi connectivity index (χ1) is 18.8. The Bertz CT molecular complexity index is 1330. The molecular weight excluding hydrogens is 538 g/mol. The van der Waals surface area contributed by atoms with E-state index in [1.807, 2.05) is 6.07 Å². The van der Waals surface area contributed by atoms with Crippen LogP contribution in [0.1, 0.15) is 74.8 Å². The quantitative estimate of drug-likeness (QED) is 0.360. The number of aliphatic hydroxyl groups excluding tert-OH is 1. The summed E-state index contributed by atoms with van der Waals surface area (Å²) in [6, 6.07) is 8.81. The lowest BCUT2D eigenvalue weighted by Gasteiger charge is -2.35. The monoisotopic (exact) mass is 570 g/mol. The first kappa shape index (κ1) is 26.9. The van der Waals surface area contributed by atoms with Gasteiger partial charge in [-0.05, 0) is 86.6 Å². The molecule has 3 unspecified atom stereocenters. The predicted molar refractivity (Wildman–Crippen MR) is 151 cm³/mol. The van der Waals surface area contributed by atoms with E-state index in [4.69, 9.17) is 23.2 Å². The first-order valence-electron chi connectivity index (χ1n) is 14.0. The van der Waals surface area contributed by atoms with E-state index in [0.29, 0.717) is 35.5 Å². The van der Waals surface area contributed by atoms with Crippen molar-refractivity contribution in [3.05, 3.63) is 75.0 Å². The van der Waals surface area contributed by atoms with Gasteiger partial charge in [0.25, 0.3) is 0 Å². The molecule has 2 aromatic carbocycles. The number of anilines is 1. The molecule has 0 aromatic heterocycles. The minimum absolute atomic E-state index is 0.0392. The van der Waals surface area contributed by atoms with Gasteiger partial charge in [-0.2, -0.15) is 0 Å². The van der Waals surface area contributed by atoms with Crippen LogP contribution in [0.4, 0.5) is 10.1 Å². The number of carbonyl (C=O) groups excluding carboxylic acids is 2. The fraction of sp³-hybridized carbons (Fsp3) is 0.484. The molecule has 0 radical (unpaired) electrons. The summed E-state index contributed by atoms with van der Waals surface area (Å²) in [5, 5.41) is 17.0. The molecule has 2 aliphatic carbocycles. The van der Waals surface area contributed by atoms with E-state index in [1.165, 1.54) is 11.6 Å². The maximum Gasteiger partial charge on any atom is 0.237 e. The van der Waals surface area contributed by atoms with Crippen LogP contribution in [-0.4, -0.2) is 35.0 Å². The van der Waals surface area contributed by atoms with Crippen LogP contribution in [0.5, 0.6) is 0 Å². The molecule has 6 rings (SSSR count). The second-order valence-electron chi connectivity index (χ2n) is 11.6. The summed E-state index contributed by atoms with van der Waals surface area (Å²) in [6.45, 7) is 0. The molecule has 3 N–H and O–H groups in total. The van der Waals surface area contributed by atoms with Gasteiger partial charge >= 0.3 is 0 Å². The van der Waals surface area contributed by atoms with Crippen LogP contribution in [0.3, 0.4) is 0 Å². The summed E-state index contributed by atoms with van der Waals surface area (Å²) in [6.07, 6.45) is 9.10. The molecule has 2 heterocycles. The van der Waals surface area contributed by atoms with Gasteiger partial charge in [0.15, 0.2) is 5.78 Å². The number of Topliss-reactive ketones (excluding diaryl/α,β-unsaturated/α-hetero) is 1. The number of halogens is 3. The summed E-state index contributed by atoms with van der Waals surface area (Å²) >= 11 is 12.6. The Morgan fingerprint density at radius 1 is 1.10 bits per heavy atom. The predicted octanol–water partition coefficient (Wildman–Crippen LogP) is 6.46. The molecular formula is C31H33Cl2FN2O3. The van der Waals surface area contributed by atoms with E-state index in [9.17, 15) is 14.7 Å². The molecule has 2 aromatic rings. The number of hydrogen-bond acceptors (Lipinski definition) is 4. The number of benzene rings is 2. The summed E-state index contributed by atoms with van der Waals surface area (Å²) in [5.41, 5.74) is 1.56. The van der Waals surface area contributed by atoms with Crippen LogP contribution >= 0.6 is 23.2 Å². The third kappa shape index (κ3) is 4.63. The minimum atomic E-state index is -1.26. The number of allylic oxidation sites excluding steroid dienone is 1. The average Bonchev–Trinajstić information content (AvgIpc) is 3.61. The number of carbonyl (C=O) groups is 2. The minimum Gasteiger partial charge on any atom is -0.393 e. The van der Waals surface area contributed by atoms with E-state index in [0.717, 1.165) is 38.5 Å². The first-order valence-corrected chi connectivity index (χ1v) is 14.8. The topological polar surface area (TPSA) is 78.4 Å². The fourth-order valence-corrected chi connectivity index (χ4v) is 7.81. The van der Waals surface area contributed by atoms with Crippen molar-refractivity contribution >= 4 is 40.6 Å². The zero-order valence-electron chi connectivity index (χ0n) is 21.7. The van der Waals surface area contributed by atoms with Crippen molar-refractivity contribution in [1.82, 2.24) is 5.32 Å². The molecule has 4 aliphatic rings. The number of amides is 1. The Kier molecular flexibility index (Phi) is 7.34. The van der Waals surface area contributed by atoms with Gasteiger partial charge in [0.05, 0.1) is 17.2 Å². The molecule has 39 heavy (non-hydrogen) atoms. The van der Waals surface area contributed by atoms with Gasteiger partial charge < -0.3 is 10.4 Å². The van der Waals surface area contributed by atoms with Gasteiger partial charge in [0.2, 0.25) is 5.91 Å². The van der Waals surface area contributed by atoms with E-state index < -0.39 is 29.2 Å². The molecule has 206 valence electrons. The molecule has 8 heteroatoms. The maximum absolute atomic E-state index is 15.9. The lowest BCUT2D eigenvalue weighted by Crippen LogP contribution is -2.47. The summed E-state index contributed by atoms with van der Waals surface area (Å²) < 4.78 is 15.9. The van der Waals surface area contributed by atoms with Crippen molar-refractivity contribution in [2.24, 2.45) is 5.92 Å². The number of ketones is 1. The third-order valence-corrected chi connectivity index (χ3v) is 9.87. The lowest BCUT2D eigenvalue weighted by molar-refractivity contribution is -0.123. The molecule has 2 saturated carbocycles. The highest BCUT2D eigenvalue weighted by Gasteiger charge is 2.65. The molecule has 0 bridgehead atoms. The van der Waals surface area contributed by atoms with Crippen molar-refractivity contribution in [2.75, 3.05) is 5.32 Å². The second-order valence-corrected chi connectivity index (χ2v) is 12.5. The van der Waals surface area contributed by atoms with Crippen molar-refractivity contribution in [1.29, 1.82) is 0 Å². The number of nitrogens with one attached hydrogen (secondary N) is 2. The highest BCUT2D eigenvalue weighted by atomic mass is 35.5. The van der Waals surface area contributed by atoms with Crippen LogP contribution in [0, 0.1) is 11.7 Å². The maximum atomic E-state index is 15.9. The Morgan fingerprint density at radius 3 is 2.59 bits per heavy atom. The van der Waals surface area contributed by atoms with Gasteiger partial charge in [0, 0.05) is 29.1 Å². The summed E-state index contributed by atoms with van der Waals surface area (Å²) in [7, 11) is 0. The molecule has 1 spiro atoms. The lowest BCUT2D eigenvalue weighted by atomic mass is 9.63. The molecule has 4 atom stereocenters. The van der Waals surface area contributed by atoms with E-state index in [2.05, 4.69) is 16.7 Å². The van der Waals surface area contributed by atoms with Crippen LogP contribution < -0.4 is 10.6 Å². The summed E-state index contributed by atoms with van der Waals surface area (Å²) in [5.74, 6) is -1.58. The van der Waals surface area contributed by atoms with Gasteiger partial charge in [-0.25, -0.2) is 4.39 Å². The summed E-state index contributed by atoms with van der Waals surface area (Å²) in [4.78, 5) is 28.3. The number of aliphatic hydroxyl groups is 1. The van der Waals surface area contributed by atoms with Crippen LogP contribution in [0.15, 0.2) is 48.0 Å². The van der Waals surface area contributed by atoms with Gasteiger partial charge in [0.1, 0.15) is 11.2 Å². The zero-order valence-corrected chi connectivity index (χ0v) is 23.2. The second kappa shape index (κ2) is 10.6. The molecule has 1 amide bonds. The van der Waals surface area contributed by atoms with E-state index in [-0.39, 0.29) is 34.3 Å². The average molecular weight is 572 g/mol. The molecule has 1 saturated heterocycles.